The van der Waals surface area contributed by atoms with Crippen LogP contribution in [0.2, 0.25) is 0 Å². The van der Waals surface area contributed by atoms with E-state index in [4.69, 9.17) is 9.39 Å². The van der Waals surface area contributed by atoms with Crippen molar-refractivity contribution in [2.45, 2.75) is 0 Å². The van der Waals surface area contributed by atoms with E-state index in [1.54, 1.807) is 0 Å². The van der Waals surface area contributed by atoms with Crippen molar-refractivity contribution in [2.24, 2.45) is 0 Å². The van der Waals surface area contributed by atoms with E-state index in [0.29, 0.717) is 0 Å². The van der Waals surface area contributed by atoms with E-state index in [1.165, 1.54) is 38.5 Å². The zero-order chi connectivity index (χ0) is 34.2. The summed E-state index contributed by atoms with van der Waals surface area (Å²) in [5.41, 5.74) is 14.8. The molecule has 0 radical (unpaired) electrons. The summed E-state index contributed by atoms with van der Waals surface area (Å²) >= 11 is 0. The van der Waals surface area contributed by atoms with Crippen LogP contribution in [0.5, 0.6) is 17.2 Å². The van der Waals surface area contributed by atoms with E-state index in [1.807, 2.05) is 0 Å². The lowest BCUT2D eigenvalue weighted by atomic mass is 9.50. The molecule has 11 rings (SSSR count). The summed E-state index contributed by atoms with van der Waals surface area (Å²) in [6.07, 6.45) is 0. The molecule has 9 aromatic rings. The summed E-state index contributed by atoms with van der Waals surface area (Å²) in [7, 11) is 0. The lowest BCUT2D eigenvalue weighted by Gasteiger charge is -2.33. The van der Waals surface area contributed by atoms with Gasteiger partial charge in [0.25, 0.3) is 0 Å². The van der Waals surface area contributed by atoms with Crippen LogP contribution in [0, 0.1) is 0 Å². The van der Waals surface area contributed by atoms with Crippen molar-refractivity contribution < 1.29 is 9.39 Å². The highest BCUT2D eigenvalue weighted by molar-refractivity contribution is 6.84. The van der Waals surface area contributed by atoms with E-state index in [9.17, 15) is 0 Å². The summed E-state index contributed by atoms with van der Waals surface area (Å²) in [5, 5.41) is 2.51. The number of rotatable bonds is 4. The average Bonchev–Trinajstić information content (AvgIpc) is 3.55. The maximum Gasteiger partial charge on any atom is 0.434 e. The summed E-state index contributed by atoms with van der Waals surface area (Å²) < 4.78 is 16.0. The first kappa shape index (κ1) is 29.0. The fourth-order valence-electron chi connectivity index (χ4n) is 8.33. The molecule has 0 saturated carbocycles. The Labute approximate surface area is 302 Å². The molecule has 242 valence electrons. The molecule has 0 saturated heterocycles. The van der Waals surface area contributed by atoms with Gasteiger partial charge in [0.05, 0.1) is 11.0 Å². The lowest BCUT2D eigenvalue weighted by molar-refractivity contribution is 0.479. The van der Waals surface area contributed by atoms with Gasteiger partial charge in [0.1, 0.15) is 17.2 Å². The zero-order valence-corrected chi connectivity index (χ0v) is 28.2. The van der Waals surface area contributed by atoms with E-state index >= 15 is 0 Å². The van der Waals surface area contributed by atoms with Crippen LogP contribution in [-0.4, -0.2) is 11.5 Å². The van der Waals surface area contributed by atoms with Gasteiger partial charge < -0.3 is 14.0 Å². The van der Waals surface area contributed by atoms with Gasteiger partial charge in [-0.2, -0.15) is 0 Å². The first-order chi connectivity index (χ1) is 25.8. The first-order valence-electron chi connectivity index (χ1n) is 17.8. The Bertz CT molecular complexity index is 2820. The van der Waals surface area contributed by atoms with Crippen LogP contribution in [0.25, 0.3) is 72.0 Å². The molecule has 0 aliphatic carbocycles. The number of hydrogen-bond acceptors (Lipinski definition) is 2. The van der Waals surface area contributed by atoms with Crippen molar-refractivity contribution in [3.8, 4) is 67.4 Å². The fourth-order valence-corrected chi connectivity index (χ4v) is 8.33. The number of ether oxygens (including phenoxy) is 1. The minimum absolute atomic E-state index is 0.303. The maximum atomic E-state index is 7.06. The van der Waals surface area contributed by atoms with Gasteiger partial charge in [-0.3, -0.25) is 0 Å². The van der Waals surface area contributed by atoms with Crippen LogP contribution in [0.15, 0.2) is 182 Å². The molecule has 0 atom stereocenters. The van der Waals surface area contributed by atoms with Crippen LogP contribution in [0.3, 0.4) is 0 Å². The summed E-state index contributed by atoms with van der Waals surface area (Å²) in [6, 6.07) is 64.8. The predicted octanol–water partition coefficient (Wildman–Crippen LogP) is 11.1. The Morgan fingerprint density at radius 1 is 0.385 bits per heavy atom. The molecule has 2 aliphatic rings. The molecular formula is C48H30BNO2. The summed E-state index contributed by atoms with van der Waals surface area (Å²) in [6.45, 7) is -0.303. The molecule has 3 nitrogen and oxygen atoms in total. The van der Waals surface area contributed by atoms with Crippen molar-refractivity contribution >= 4 is 39.6 Å². The third-order valence-corrected chi connectivity index (χ3v) is 10.7. The molecule has 3 heterocycles. The molecule has 8 aromatic carbocycles. The Balaban J connectivity index is 1.02. The zero-order valence-electron chi connectivity index (χ0n) is 28.2. The molecule has 0 fully saturated rings. The highest BCUT2D eigenvalue weighted by Crippen LogP contribution is 2.43. The third kappa shape index (κ3) is 4.41. The molecule has 0 bridgehead atoms. The van der Waals surface area contributed by atoms with Gasteiger partial charge in [0.15, 0.2) is 0 Å². The molecule has 0 N–H and O–H groups in total. The minimum atomic E-state index is -0.303. The van der Waals surface area contributed by atoms with Gasteiger partial charge in [-0.15, -0.1) is 0 Å². The number of fused-ring (bicyclic) bond motifs is 7. The molecule has 4 heteroatoms. The lowest BCUT2D eigenvalue weighted by Crippen LogP contribution is -2.53. The van der Waals surface area contributed by atoms with Crippen LogP contribution < -0.4 is 20.3 Å². The molecule has 2 aliphatic heterocycles. The molecule has 0 spiro atoms. The van der Waals surface area contributed by atoms with Gasteiger partial charge in [0, 0.05) is 32.9 Å². The minimum Gasteiger partial charge on any atom is -0.551 e. The van der Waals surface area contributed by atoms with Crippen molar-refractivity contribution in [2.75, 3.05) is 0 Å². The second-order valence-electron chi connectivity index (χ2n) is 13.6. The fraction of sp³-hybridized carbons (Fsp3) is 0. The smallest absolute Gasteiger partial charge is 0.434 e. The van der Waals surface area contributed by atoms with Gasteiger partial charge in [-0.25, -0.2) is 0 Å². The molecule has 0 unspecified atom stereocenters. The van der Waals surface area contributed by atoms with Crippen LogP contribution in [0.1, 0.15) is 0 Å². The monoisotopic (exact) mass is 663 g/mol. The number of hydrogen-bond donors (Lipinski definition) is 0. The third-order valence-electron chi connectivity index (χ3n) is 10.7. The SMILES string of the molecule is c1ccc(-c2ccccc2-c2ccc3c(c2)OB2c4cc(-c5cccc(-n6c7ccccc7c7ccccc76)c5)ccc4Oc4cccc-3c42)cc1. The quantitative estimate of drug-likeness (QED) is 0.175. The molecule has 1 aromatic heterocycles. The predicted molar refractivity (Wildman–Crippen MR) is 215 cm³/mol. The second-order valence-corrected chi connectivity index (χ2v) is 13.6. The van der Waals surface area contributed by atoms with Crippen LogP contribution >= 0.6 is 0 Å². The molecule has 52 heavy (non-hydrogen) atoms. The van der Waals surface area contributed by atoms with Gasteiger partial charge >= 0.3 is 6.92 Å². The summed E-state index contributed by atoms with van der Waals surface area (Å²) in [4.78, 5) is 0. The molecular weight excluding hydrogens is 633 g/mol. The second kappa shape index (κ2) is 11.4. The van der Waals surface area contributed by atoms with Gasteiger partial charge in [-0.05, 0) is 81.4 Å². The Morgan fingerprint density at radius 2 is 1.02 bits per heavy atom. The van der Waals surface area contributed by atoms with Crippen molar-refractivity contribution in [1.29, 1.82) is 0 Å². The van der Waals surface area contributed by atoms with Crippen LogP contribution in [0.4, 0.5) is 0 Å². The van der Waals surface area contributed by atoms with E-state index < -0.39 is 0 Å². The first-order valence-corrected chi connectivity index (χ1v) is 17.8. The van der Waals surface area contributed by atoms with E-state index in [0.717, 1.165) is 61.7 Å². The number of aromatic nitrogens is 1. The number of para-hydroxylation sites is 2. The van der Waals surface area contributed by atoms with Gasteiger partial charge in [-0.1, -0.05) is 140 Å². The van der Waals surface area contributed by atoms with Crippen molar-refractivity contribution in [3.63, 3.8) is 0 Å². The van der Waals surface area contributed by atoms with Crippen molar-refractivity contribution in [3.05, 3.63) is 182 Å². The Hall–Kier alpha value is -6.78. The van der Waals surface area contributed by atoms with Crippen molar-refractivity contribution in [1.82, 2.24) is 4.57 Å². The maximum absolute atomic E-state index is 7.06. The largest absolute Gasteiger partial charge is 0.551 e. The van der Waals surface area contributed by atoms with Crippen LogP contribution in [-0.2, 0) is 0 Å². The highest BCUT2D eigenvalue weighted by Gasteiger charge is 2.40. The van der Waals surface area contributed by atoms with E-state index in [-0.39, 0.29) is 6.92 Å². The average molecular weight is 664 g/mol. The normalized spacial score (nSPS) is 12.5. The topological polar surface area (TPSA) is 23.4 Å². The summed E-state index contributed by atoms with van der Waals surface area (Å²) in [5.74, 6) is 2.55. The highest BCUT2D eigenvalue weighted by atomic mass is 16.5. The standard InChI is InChI=1S/C48H30BNO2/c1-2-12-31(13-3-1)36-16-4-5-17-37(36)34-24-26-40-41-20-11-23-46-48(41)49(52-47(40)30-34)42-29-33(25-27-45(42)51-46)32-14-10-15-35(28-32)50-43-21-8-6-18-38(43)39-19-7-9-22-44(39)50/h1-30H. The Morgan fingerprint density at radius 3 is 1.83 bits per heavy atom. The Kier molecular flexibility index (Phi) is 6.35. The van der Waals surface area contributed by atoms with E-state index in [2.05, 4.69) is 187 Å². The number of benzene rings is 8. The van der Waals surface area contributed by atoms with Gasteiger partial charge in [0.2, 0.25) is 0 Å². The molecule has 0 amide bonds. The number of nitrogens with zero attached hydrogens (tertiary/aromatic N) is 1.